The minimum atomic E-state index is -0.798. The van der Waals surface area contributed by atoms with Gasteiger partial charge in [-0.1, -0.05) is 31.2 Å². The Balaban J connectivity index is 1.58. The van der Waals surface area contributed by atoms with Crippen molar-refractivity contribution < 1.29 is 4.74 Å². The van der Waals surface area contributed by atoms with Gasteiger partial charge in [0.25, 0.3) is 0 Å². The summed E-state index contributed by atoms with van der Waals surface area (Å²) in [6.45, 7) is 15.0. The molecule has 5 nitrogen and oxygen atoms in total. The van der Waals surface area contributed by atoms with Crippen LogP contribution in [0.4, 0.5) is 11.4 Å². The number of ether oxygens (including phenoxy) is 1. The predicted octanol–water partition coefficient (Wildman–Crippen LogP) is 7.92. The van der Waals surface area contributed by atoms with Crippen molar-refractivity contribution in [3.05, 3.63) is 101 Å². The SMILES string of the molecule is CCc1ccc2c(c1)-c1nn3ccccc3c1C1(O2)c2ccc(N(CC)CC)cc2-c2cc(N(CC)CC)ccc21. The molecule has 2 aromatic heterocycles. The molecule has 0 bridgehead atoms. The Morgan fingerprint density at radius 1 is 0.707 bits per heavy atom. The third-order valence-electron chi connectivity index (χ3n) is 9.17. The Bertz CT molecular complexity index is 1710. The summed E-state index contributed by atoms with van der Waals surface area (Å²) in [5.74, 6) is 0.887. The molecule has 3 aromatic carbocycles. The number of fused-ring (bicyclic) bond motifs is 11. The second-order valence-corrected chi connectivity index (χ2v) is 11.0. The van der Waals surface area contributed by atoms with Crippen LogP contribution in [0.25, 0.3) is 27.9 Å². The molecular weight excluding hydrogens is 504 g/mol. The van der Waals surface area contributed by atoms with Crippen molar-refractivity contribution >= 4 is 16.9 Å². The summed E-state index contributed by atoms with van der Waals surface area (Å²) >= 11 is 0. The fourth-order valence-corrected chi connectivity index (χ4v) is 7.04. The number of pyridine rings is 1. The molecule has 0 fully saturated rings. The zero-order chi connectivity index (χ0) is 28.3. The number of hydrogen-bond acceptors (Lipinski definition) is 4. The highest BCUT2D eigenvalue weighted by Crippen LogP contribution is 2.60. The van der Waals surface area contributed by atoms with Gasteiger partial charge in [-0.05, 0) is 99.3 Å². The first-order valence-electron chi connectivity index (χ1n) is 15.2. The van der Waals surface area contributed by atoms with Gasteiger partial charge in [-0.3, -0.25) is 0 Å². The quantitative estimate of drug-likeness (QED) is 0.209. The lowest BCUT2D eigenvalue weighted by atomic mass is 9.79. The Hall–Kier alpha value is -4.25. The van der Waals surface area contributed by atoms with Gasteiger partial charge in [-0.25, -0.2) is 4.52 Å². The third-order valence-corrected chi connectivity index (χ3v) is 9.17. The minimum absolute atomic E-state index is 0.798. The molecule has 41 heavy (non-hydrogen) atoms. The first-order valence-corrected chi connectivity index (χ1v) is 15.2. The lowest BCUT2D eigenvalue weighted by molar-refractivity contribution is 0.158. The number of nitrogens with zero attached hydrogens (tertiary/aromatic N) is 4. The van der Waals surface area contributed by atoms with E-state index < -0.39 is 5.60 Å². The van der Waals surface area contributed by atoms with Crippen molar-refractivity contribution in [1.29, 1.82) is 0 Å². The Labute approximate surface area is 243 Å². The maximum atomic E-state index is 7.35. The van der Waals surface area contributed by atoms with E-state index in [1.54, 1.807) is 0 Å². The van der Waals surface area contributed by atoms with Crippen LogP contribution in [0.2, 0.25) is 0 Å². The molecule has 0 unspecified atom stereocenters. The molecular formula is C36H38N4O. The van der Waals surface area contributed by atoms with Crippen LogP contribution in [-0.4, -0.2) is 35.8 Å². The second kappa shape index (κ2) is 9.69. The summed E-state index contributed by atoms with van der Waals surface area (Å²) in [7, 11) is 0. The zero-order valence-electron chi connectivity index (χ0n) is 24.7. The summed E-state index contributed by atoms with van der Waals surface area (Å²) in [5, 5.41) is 5.20. The van der Waals surface area contributed by atoms with Crippen molar-refractivity contribution in [3.8, 4) is 28.1 Å². The molecule has 5 heteroatoms. The molecule has 1 spiro atoms. The Kier molecular flexibility index (Phi) is 6.07. The highest BCUT2D eigenvalue weighted by molar-refractivity contribution is 5.93. The Morgan fingerprint density at radius 2 is 1.34 bits per heavy atom. The topological polar surface area (TPSA) is 33.0 Å². The Morgan fingerprint density at radius 3 is 1.93 bits per heavy atom. The van der Waals surface area contributed by atoms with Gasteiger partial charge >= 0.3 is 0 Å². The van der Waals surface area contributed by atoms with Crippen molar-refractivity contribution in [1.82, 2.24) is 9.61 Å². The van der Waals surface area contributed by atoms with Crippen LogP contribution in [0.5, 0.6) is 5.75 Å². The van der Waals surface area contributed by atoms with E-state index in [1.807, 2.05) is 10.6 Å². The lowest BCUT2D eigenvalue weighted by Crippen LogP contribution is -2.36. The maximum absolute atomic E-state index is 7.35. The summed E-state index contributed by atoms with van der Waals surface area (Å²) in [4.78, 5) is 4.84. The van der Waals surface area contributed by atoms with Gasteiger partial charge in [-0.2, -0.15) is 5.10 Å². The number of anilines is 2. The summed E-state index contributed by atoms with van der Waals surface area (Å²) < 4.78 is 9.37. The van der Waals surface area contributed by atoms with E-state index in [4.69, 9.17) is 9.84 Å². The summed E-state index contributed by atoms with van der Waals surface area (Å²) in [6.07, 6.45) is 3.02. The van der Waals surface area contributed by atoms with Crippen molar-refractivity contribution in [2.75, 3.05) is 36.0 Å². The van der Waals surface area contributed by atoms with Crippen LogP contribution in [0.15, 0.2) is 79.0 Å². The molecule has 0 saturated heterocycles. The van der Waals surface area contributed by atoms with Crippen molar-refractivity contribution in [2.24, 2.45) is 0 Å². The highest BCUT2D eigenvalue weighted by Gasteiger charge is 2.53. The van der Waals surface area contributed by atoms with Crippen LogP contribution in [0.1, 0.15) is 56.9 Å². The fourth-order valence-electron chi connectivity index (χ4n) is 7.04. The van der Waals surface area contributed by atoms with Crippen LogP contribution >= 0.6 is 0 Å². The van der Waals surface area contributed by atoms with E-state index in [9.17, 15) is 0 Å². The number of rotatable bonds is 7. The zero-order valence-corrected chi connectivity index (χ0v) is 24.7. The van der Waals surface area contributed by atoms with Gasteiger partial charge in [0.15, 0.2) is 5.60 Å². The first-order chi connectivity index (χ1) is 20.1. The fraction of sp³-hybridized carbons (Fsp3) is 0.306. The first kappa shape index (κ1) is 25.7. The minimum Gasteiger partial charge on any atom is -0.472 e. The molecule has 0 radical (unpaired) electrons. The molecule has 1 aliphatic carbocycles. The molecule has 1 aliphatic heterocycles. The van der Waals surface area contributed by atoms with E-state index >= 15 is 0 Å². The van der Waals surface area contributed by atoms with Crippen molar-refractivity contribution in [3.63, 3.8) is 0 Å². The van der Waals surface area contributed by atoms with E-state index in [0.29, 0.717) is 0 Å². The normalized spacial score (nSPS) is 13.9. The number of aromatic nitrogens is 2. The number of hydrogen-bond donors (Lipinski definition) is 0. The largest absolute Gasteiger partial charge is 0.472 e. The van der Waals surface area contributed by atoms with Gasteiger partial charge < -0.3 is 14.5 Å². The molecule has 0 N–H and O–H groups in total. The van der Waals surface area contributed by atoms with Crippen LogP contribution < -0.4 is 14.5 Å². The van der Waals surface area contributed by atoms with Crippen LogP contribution in [-0.2, 0) is 12.0 Å². The number of benzene rings is 3. The maximum Gasteiger partial charge on any atom is 0.190 e. The van der Waals surface area contributed by atoms with Crippen molar-refractivity contribution in [2.45, 2.75) is 46.6 Å². The van der Waals surface area contributed by atoms with Crippen LogP contribution in [0.3, 0.4) is 0 Å². The predicted molar refractivity (Wildman–Crippen MR) is 170 cm³/mol. The smallest absolute Gasteiger partial charge is 0.190 e. The molecule has 7 rings (SSSR count). The van der Waals surface area contributed by atoms with E-state index in [-0.39, 0.29) is 0 Å². The summed E-state index contributed by atoms with van der Waals surface area (Å²) in [6, 6.07) is 26.9. The molecule has 208 valence electrons. The monoisotopic (exact) mass is 542 g/mol. The van der Waals surface area contributed by atoms with E-state index in [0.717, 1.165) is 60.7 Å². The van der Waals surface area contributed by atoms with Gasteiger partial charge in [-0.15, -0.1) is 0 Å². The van der Waals surface area contributed by atoms with E-state index in [2.05, 4.69) is 117 Å². The van der Waals surface area contributed by atoms with Gasteiger partial charge in [0.1, 0.15) is 11.4 Å². The molecule has 0 saturated carbocycles. The number of aryl methyl sites for hydroxylation is 1. The van der Waals surface area contributed by atoms with Gasteiger partial charge in [0.05, 0.1) is 11.1 Å². The molecule has 5 aromatic rings. The van der Waals surface area contributed by atoms with Gasteiger partial charge in [0.2, 0.25) is 0 Å². The molecule has 0 atom stereocenters. The summed E-state index contributed by atoms with van der Waals surface area (Å²) in [5.41, 5.74) is 12.1. The average Bonchev–Trinajstić information content (AvgIpc) is 3.53. The second-order valence-electron chi connectivity index (χ2n) is 11.0. The highest BCUT2D eigenvalue weighted by atomic mass is 16.5. The van der Waals surface area contributed by atoms with E-state index in [1.165, 1.54) is 39.2 Å². The molecule has 2 aliphatic rings. The standard InChI is InChI=1S/C36H38N4O/c1-6-24-14-19-33-29(21-24)35-34(32-13-11-12-20-40(32)37-35)36(41-33)30-17-15-25(38(7-2)8-3)22-27(30)28-23-26(16-18-31(28)36)39(9-4)10-5/h11-23H,6-10H2,1-5H3. The third kappa shape index (κ3) is 3.57. The lowest BCUT2D eigenvalue weighted by Gasteiger charge is -2.37. The van der Waals surface area contributed by atoms with Crippen LogP contribution in [0, 0.1) is 0 Å². The average molecular weight is 543 g/mol. The molecule has 3 heterocycles. The van der Waals surface area contributed by atoms with Gasteiger partial charge in [0, 0.05) is 60.4 Å². The molecule has 0 amide bonds.